The van der Waals surface area contributed by atoms with Gasteiger partial charge in [-0.05, 0) is 18.2 Å². The zero-order valence-corrected chi connectivity index (χ0v) is 10.1. The van der Waals surface area contributed by atoms with E-state index < -0.39 is 18.5 Å². The van der Waals surface area contributed by atoms with Gasteiger partial charge in [-0.1, -0.05) is 11.6 Å². The van der Waals surface area contributed by atoms with Gasteiger partial charge in [0.25, 0.3) is 0 Å². The summed E-state index contributed by atoms with van der Waals surface area (Å²) >= 11 is 5.81. The van der Waals surface area contributed by atoms with Gasteiger partial charge in [0.15, 0.2) is 6.61 Å². The fraction of sp³-hybridized carbons (Fsp3) is 0.273. The zero-order chi connectivity index (χ0) is 13.5. The van der Waals surface area contributed by atoms with Gasteiger partial charge in [0.2, 0.25) is 0 Å². The lowest BCUT2D eigenvalue weighted by Crippen LogP contribution is -2.22. The molecular formula is C11H12ClNO5. The largest absolute Gasteiger partial charge is 0.482 e. The predicted octanol–water partition coefficient (Wildman–Crippen LogP) is 0.978. The van der Waals surface area contributed by atoms with Gasteiger partial charge in [-0.3, -0.25) is 4.79 Å². The molecule has 0 aliphatic heterocycles. The standard InChI is InChI=1S/C11H12ClNO5/c12-8-1-2-9(18-6-11(16)17)7(3-8)4-13-5-10(14)15/h1-3,13H,4-6H2,(H,14,15)(H,16,17). The van der Waals surface area contributed by atoms with Crippen molar-refractivity contribution < 1.29 is 24.5 Å². The number of ether oxygens (including phenoxy) is 1. The number of aliphatic carboxylic acids is 2. The van der Waals surface area contributed by atoms with Crippen LogP contribution in [0, 0.1) is 0 Å². The van der Waals surface area contributed by atoms with Crippen LogP contribution in [0.4, 0.5) is 0 Å². The van der Waals surface area contributed by atoms with Gasteiger partial charge in [0.05, 0.1) is 6.54 Å². The minimum atomic E-state index is -1.09. The van der Waals surface area contributed by atoms with Crippen LogP contribution in [0.5, 0.6) is 5.75 Å². The Hall–Kier alpha value is -1.79. The maximum atomic E-state index is 10.4. The molecule has 0 fully saturated rings. The first-order valence-corrected chi connectivity index (χ1v) is 5.42. The van der Waals surface area contributed by atoms with Gasteiger partial charge >= 0.3 is 11.9 Å². The Kier molecular flexibility index (Phi) is 5.41. The average Bonchev–Trinajstić information content (AvgIpc) is 2.27. The molecule has 6 nitrogen and oxygen atoms in total. The summed E-state index contributed by atoms with van der Waals surface area (Å²) < 4.78 is 5.07. The van der Waals surface area contributed by atoms with Crippen molar-refractivity contribution >= 4 is 23.5 Å². The van der Waals surface area contributed by atoms with Crippen molar-refractivity contribution in [1.29, 1.82) is 0 Å². The van der Waals surface area contributed by atoms with Crippen LogP contribution >= 0.6 is 11.6 Å². The molecule has 98 valence electrons. The van der Waals surface area contributed by atoms with Gasteiger partial charge in [-0.25, -0.2) is 4.79 Å². The molecule has 0 aromatic heterocycles. The van der Waals surface area contributed by atoms with Crippen molar-refractivity contribution in [3.05, 3.63) is 28.8 Å². The summed E-state index contributed by atoms with van der Waals surface area (Å²) in [4.78, 5) is 20.8. The Bertz CT molecular complexity index is 449. The van der Waals surface area contributed by atoms with Gasteiger partial charge in [0.1, 0.15) is 5.75 Å². The summed E-state index contributed by atoms with van der Waals surface area (Å²) in [6, 6.07) is 4.70. The van der Waals surface area contributed by atoms with Crippen molar-refractivity contribution in [3.63, 3.8) is 0 Å². The van der Waals surface area contributed by atoms with E-state index in [4.69, 9.17) is 26.6 Å². The van der Waals surface area contributed by atoms with Crippen LogP contribution in [0.3, 0.4) is 0 Å². The van der Waals surface area contributed by atoms with E-state index in [1.807, 2.05) is 0 Å². The summed E-state index contributed by atoms with van der Waals surface area (Å²) in [7, 11) is 0. The minimum Gasteiger partial charge on any atom is -0.482 e. The summed E-state index contributed by atoms with van der Waals surface area (Å²) in [6.07, 6.45) is 0. The van der Waals surface area contributed by atoms with E-state index in [1.165, 1.54) is 0 Å². The van der Waals surface area contributed by atoms with Crippen LogP contribution in [-0.4, -0.2) is 35.3 Å². The second kappa shape index (κ2) is 6.83. The normalized spacial score (nSPS) is 10.1. The second-order valence-corrected chi connectivity index (χ2v) is 3.87. The second-order valence-electron chi connectivity index (χ2n) is 3.43. The van der Waals surface area contributed by atoms with E-state index in [0.717, 1.165) is 0 Å². The molecule has 0 atom stereocenters. The first kappa shape index (κ1) is 14.3. The molecule has 0 radical (unpaired) electrons. The van der Waals surface area contributed by atoms with Crippen molar-refractivity contribution in [2.75, 3.05) is 13.2 Å². The highest BCUT2D eigenvalue weighted by molar-refractivity contribution is 6.30. The smallest absolute Gasteiger partial charge is 0.341 e. The molecule has 0 unspecified atom stereocenters. The Balaban J connectivity index is 2.69. The average molecular weight is 274 g/mol. The molecule has 0 saturated heterocycles. The predicted molar refractivity (Wildman–Crippen MR) is 63.9 cm³/mol. The number of rotatable bonds is 7. The van der Waals surface area contributed by atoms with Crippen LogP contribution in [0.15, 0.2) is 18.2 Å². The van der Waals surface area contributed by atoms with E-state index in [-0.39, 0.29) is 13.1 Å². The molecule has 1 rings (SSSR count). The molecule has 0 amide bonds. The summed E-state index contributed by atoms with van der Waals surface area (Å²) in [5.74, 6) is -1.71. The zero-order valence-electron chi connectivity index (χ0n) is 9.35. The van der Waals surface area contributed by atoms with Crippen molar-refractivity contribution in [3.8, 4) is 5.75 Å². The van der Waals surface area contributed by atoms with Crippen molar-refractivity contribution in [2.24, 2.45) is 0 Å². The van der Waals surface area contributed by atoms with Crippen molar-refractivity contribution in [2.45, 2.75) is 6.54 Å². The van der Waals surface area contributed by atoms with Crippen molar-refractivity contribution in [1.82, 2.24) is 5.32 Å². The number of carboxylic acids is 2. The molecule has 0 saturated carbocycles. The highest BCUT2D eigenvalue weighted by atomic mass is 35.5. The first-order valence-electron chi connectivity index (χ1n) is 5.04. The highest BCUT2D eigenvalue weighted by Gasteiger charge is 2.07. The van der Waals surface area contributed by atoms with Crippen LogP contribution in [0.1, 0.15) is 5.56 Å². The lowest BCUT2D eigenvalue weighted by Gasteiger charge is -2.10. The Morgan fingerprint density at radius 2 is 2.00 bits per heavy atom. The number of benzene rings is 1. The Labute approximate surface area is 108 Å². The first-order chi connectivity index (χ1) is 8.49. The number of halogens is 1. The maximum Gasteiger partial charge on any atom is 0.341 e. The molecule has 7 heteroatoms. The third-order valence-electron chi connectivity index (χ3n) is 1.97. The van der Waals surface area contributed by atoms with E-state index in [1.54, 1.807) is 18.2 Å². The molecule has 0 spiro atoms. The topological polar surface area (TPSA) is 95.9 Å². The molecule has 0 aliphatic rings. The number of carbonyl (C=O) groups is 2. The van der Waals surface area contributed by atoms with Crippen LogP contribution in [0.2, 0.25) is 5.02 Å². The van der Waals surface area contributed by atoms with E-state index in [9.17, 15) is 9.59 Å². The number of hydrogen-bond donors (Lipinski definition) is 3. The lowest BCUT2D eigenvalue weighted by atomic mass is 10.2. The molecule has 3 N–H and O–H groups in total. The maximum absolute atomic E-state index is 10.4. The van der Waals surface area contributed by atoms with E-state index in [2.05, 4.69) is 5.32 Å². The van der Waals surface area contributed by atoms with E-state index in [0.29, 0.717) is 16.3 Å². The Morgan fingerprint density at radius 1 is 1.28 bits per heavy atom. The quantitative estimate of drug-likeness (QED) is 0.685. The monoisotopic (exact) mass is 273 g/mol. The van der Waals surface area contributed by atoms with E-state index >= 15 is 0 Å². The molecule has 0 heterocycles. The summed E-state index contributed by atoms with van der Waals surface area (Å²) in [5.41, 5.74) is 0.602. The number of nitrogens with one attached hydrogen (secondary N) is 1. The molecule has 1 aromatic carbocycles. The Morgan fingerprint density at radius 3 is 2.61 bits per heavy atom. The van der Waals surface area contributed by atoms with Crippen LogP contribution in [-0.2, 0) is 16.1 Å². The summed E-state index contributed by atoms with van der Waals surface area (Å²) in [5, 5.41) is 20.2. The third-order valence-corrected chi connectivity index (χ3v) is 2.20. The van der Waals surface area contributed by atoms with Gasteiger partial charge in [-0.2, -0.15) is 0 Å². The highest BCUT2D eigenvalue weighted by Crippen LogP contribution is 2.22. The fourth-order valence-electron chi connectivity index (χ4n) is 1.27. The van der Waals surface area contributed by atoms with Gasteiger partial charge in [-0.15, -0.1) is 0 Å². The van der Waals surface area contributed by atoms with Gasteiger partial charge < -0.3 is 20.3 Å². The molecule has 0 bridgehead atoms. The lowest BCUT2D eigenvalue weighted by molar-refractivity contribution is -0.139. The number of hydrogen-bond acceptors (Lipinski definition) is 4. The number of carboxylic acid groups (broad SMARTS) is 2. The van der Waals surface area contributed by atoms with Crippen LogP contribution < -0.4 is 10.1 Å². The third kappa shape index (κ3) is 5.03. The molecule has 18 heavy (non-hydrogen) atoms. The SMILES string of the molecule is O=C(O)CNCc1cc(Cl)ccc1OCC(=O)O. The summed E-state index contributed by atoms with van der Waals surface area (Å²) in [6.45, 7) is -0.444. The molecule has 1 aromatic rings. The van der Waals surface area contributed by atoms with Crippen LogP contribution in [0.25, 0.3) is 0 Å². The minimum absolute atomic E-state index is 0.203. The fourth-order valence-corrected chi connectivity index (χ4v) is 1.47. The van der Waals surface area contributed by atoms with Gasteiger partial charge in [0, 0.05) is 17.1 Å². The molecular weight excluding hydrogens is 262 g/mol. The molecule has 0 aliphatic carbocycles.